The predicted octanol–water partition coefficient (Wildman–Crippen LogP) is 2.41. The molecule has 2 rings (SSSR count). The highest BCUT2D eigenvalue weighted by Gasteiger charge is 2.27. The lowest BCUT2D eigenvalue weighted by Crippen LogP contribution is -2.47. The number of aromatic amines is 1. The highest BCUT2D eigenvalue weighted by molar-refractivity contribution is 5.73. The first-order chi connectivity index (χ1) is 14.2. The summed E-state index contributed by atoms with van der Waals surface area (Å²) in [4.78, 5) is 32.4. The molecule has 0 fully saturated rings. The number of ether oxygens (including phenoxy) is 2. The van der Waals surface area contributed by atoms with E-state index in [4.69, 9.17) is 9.47 Å². The highest BCUT2D eigenvalue weighted by Crippen LogP contribution is 2.10. The first-order valence-electron chi connectivity index (χ1n) is 9.77. The van der Waals surface area contributed by atoms with E-state index in [1.165, 1.54) is 6.33 Å². The summed E-state index contributed by atoms with van der Waals surface area (Å²) in [5.41, 5.74) is 1.09. The number of aliphatic carboxylic acids is 1. The number of alkyl carbamates (subject to hydrolysis) is 1. The third-order valence-corrected chi connectivity index (χ3v) is 4.13. The average Bonchev–Trinajstić information content (AvgIpc) is 3.17. The van der Waals surface area contributed by atoms with E-state index in [1.54, 1.807) is 31.9 Å². The van der Waals surface area contributed by atoms with Gasteiger partial charge in [0.05, 0.1) is 12.9 Å². The Kier molecular flexibility index (Phi) is 8.82. The van der Waals surface area contributed by atoms with Crippen molar-refractivity contribution in [2.24, 2.45) is 0 Å². The van der Waals surface area contributed by atoms with Crippen molar-refractivity contribution in [1.29, 1.82) is 0 Å². The van der Waals surface area contributed by atoms with Crippen LogP contribution in [0.1, 0.15) is 32.0 Å². The number of imidazole rings is 1. The molecule has 9 nitrogen and oxygen atoms in total. The minimum absolute atomic E-state index is 0.0933. The monoisotopic (exact) mass is 418 g/mol. The Bertz CT molecular complexity index is 774. The molecule has 0 aliphatic rings. The quantitative estimate of drug-likeness (QED) is 0.480. The Hall–Kier alpha value is -2.91. The van der Waals surface area contributed by atoms with Crippen molar-refractivity contribution in [2.75, 3.05) is 19.8 Å². The van der Waals surface area contributed by atoms with Crippen LogP contribution in [0.5, 0.6) is 0 Å². The zero-order valence-corrected chi connectivity index (χ0v) is 17.6. The predicted molar refractivity (Wildman–Crippen MR) is 111 cm³/mol. The van der Waals surface area contributed by atoms with Gasteiger partial charge in [-0.1, -0.05) is 30.3 Å². The number of nitrogens with zero attached hydrogens (tertiary/aromatic N) is 2. The summed E-state index contributed by atoms with van der Waals surface area (Å²) in [5, 5.41) is 12.4. The lowest BCUT2D eigenvalue weighted by Gasteiger charge is -2.28. The van der Waals surface area contributed by atoms with Crippen LogP contribution in [0.25, 0.3) is 0 Å². The van der Waals surface area contributed by atoms with Gasteiger partial charge in [0.15, 0.2) is 0 Å². The van der Waals surface area contributed by atoms with Crippen molar-refractivity contribution >= 4 is 12.1 Å². The summed E-state index contributed by atoms with van der Waals surface area (Å²) in [6.07, 6.45) is 2.79. The van der Waals surface area contributed by atoms with Gasteiger partial charge in [0.2, 0.25) is 0 Å². The summed E-state index contributed by atoms with van der Waals surface area (Å²) in [5.74, 6) is -0.981. The topological polar surface area (TPSA) is 117 Å². The van der Waals surface area contributed by atoms with Crippen LogP contribution in [0.15, 0.2) is 42.9 Å². The molecule has 1 heterocycles. The number of rotatable bonds is 11. The average molecular weight is 418 g/mol. The third-order valence-electron chi connectivity index (χ3n) is 4.13. The lowest BCUT2D eigenvalue weighted by atomic mass is 10.1. The molecule has 9 heteroatoms. The molecule has 0 bridgehead atoms. The zero-order valence-electron chi connectivity index (χ0n) is 17.6. The van der Waals surface area contributed by atoms with Crippen LogP contribution in [0.3, 0.4) is 0 Å². The molecule has 3 N–H and O–H groups in total. The van der Waals surface area contributed by atoms with E-state index < -0.39 is 23.7 Å². The lowest BCUT2D eigenvalue weighted by molar-refractivity contribution is -0.146. The Morgan fingerprint density at radius 3 is 2.60 bits per heavy atom. The Morgan fingerprint density at radius 2 is 2.00 bits per heavy atom. The van der Waals surface area contributed by atoms with Gasteiger partial charge in [0, 0.05) is 31.4 Å². The number of H-pyrrole nitrogens is 1. The standard InChI is InChI=1S/C21H30N4O5/c1-21(2,3)30-20(28)23-9-10-25(15-29-13-16-7-5-4-6-8-16)18(19(26)27)11-17-12-22-14-24-17/h4-8,12,14,18H,9-11,13,15H2,1-3H3,(H,22,24)(H,23,28)(H,26,27)/t18-/m0/s1. The zero-order chi connectivity index (χ0) is 22.0. The number of hydrogen-bond acceptors (Lipinski definition) is 6. The second-order valence-corrected chi connectivity index (χ2v) is 7.84. The van der Waals surface area contributed by atoms with Gasteiger partial charge in [-0.05, 0) is 26.3 Å². The number of nitrogens with one attached hydrogen (secondary N) is 2. The second-order valence-electron chi connectivity index (χ2n) is 7.84. The summed E-state index contributed by atoms with van der Waals surface area (Å²) in [6.45, 7) is 6.28. The fourth-order valence-corrected chi connectivity index (χ4v) is 2.76. The van der Waals surface area contributed by atoms with Crippen LogP contribution < -0.4 is 5.32 Å². The number of amides is 1. The van der Waals surface area contributed by atoms with Gasteiger partial charge in [-0.2, -0.15) is 0 Å². The maximum Gasteiger partial charge on any atom is 0.407 e. The molecule has 0 saturated heterocycles. The summed E-state index contributed by atoms with van der Waals surface area (Å²) < 4.78 is 11.0. The molecule has 1 amide bonds. The van der Waals surface area contributed by atoms with E-state index in [0.717, 1.165) is 5.56 Å². The van der Waals surface area contributed by atoms with Gasteiger partial charge in [0.1, 0.15) is 18.4 Å². The van der Waals surface area contributed by atoms with Gasteiger partial charge >= 0.3 is 12.1 Å². The van der Waals surface area contributed by atoms with Gasteiger partial charge in [-0.15, -0.1) is 0 Å². The van der Waals surface area contributed by atoms with Crippen LogP contribution in [0, 0.1) is 0 Å². The molecular weight excluding hydrogens is 388 g/mol. The first-order valence-corrected chi connectivity index (χ1v) is 9.77. The summed E-state index contributed by atoms with van der Waals surface area (Å²) in [7, 11) is 0. The van der Waals surface area contributed by atoms with Crippen LogP contribution in [-0.2, 0) is 27.3 Å². The van der Waals surface area contributed by atoms with E-state index in [-0.39, 0.29) is 26.2 Å². The van der Waals surface area contributed by atoms with Crippen LogP contribution in [0.4, 0.5) is 4.79 Å². The Balaban J connectivity index is 1.98. The van der Waals surface area contributed by atoms with Gasteiger partial charge in [-0.25, -0.2) is 9.78 Å². The fraction of sp³-hybridized carbons (Fsp3) is 0.476. The Morgan fingerprint density at radius 1 is 1.27 bits per heavy atom. The van der Waals surface area contributed by atoms with Crippen molar-refractivity contribution in [3.05, 3.63) is 54.1 Å². The van der Waals surface area contributed by atoms with Crippen molar-refractivity contribution in [3.8, 4) is 0 Å². The molecule has 0 saturated carbocycles. The molecule has 1 aromatic heterocycles. The molecule has 1 atom stereocenters. The minimum Gasteiger partial charge on any atom is -0.480 e. The second kappa shape index (κ2) is 11.3. The Labute approximate surface area is 176 Å². The number of carboxylic acid groups (broad SMARTS) is 1. The van der Waals surface area contributed by atoms with Crippen LogP contribution >= 0.6 is 0 Å². The van der Waals surface area contributed by atoms with Crippen molar-refractivity contribution < 1.29 is 24.2 Å². The van der Waals surface area contributed by atoms with Crippen molar-refractivity contribution in [3.63, 3.8) is 0 Å². The SMILES string of the molecule is CC(C)(C)OC(=O)NCCN(COCc1ccccc1)[C@@H](Cc1cnc[nH]1)C(=O)O. The molecule has 0 radical (unpaired) electrons. The van der Waals surface area contributed by atoms with Gasteiger partial charge < -0.3 is 24.9 Å². The van der Waals surface area contributed by atoms with Crippen LogP contribution in [-0.4, -0.2) is 63.5 Å². The van der Waals surface area contributed by atoms with E-state index >= 15 is 0 Å². The summed E-state index contributed by atoms with van der Waals surface area (Å²) >= 11 is 0. The van der Waals surface area contributed by atoms with E-state index in [9.17, 15) is 14.7 Å². The third kappa shape index (κ3) is 8.62. The first kappa shape index (κ1) is 23.4. The largest absolute Gasteiger partial charge is 0.480 e. The van der Waals surface area contributed by atoms with E-state index in [2.05, 4.69) is 15.3 Å². The number of aromatic nitrogens is 2. The maximum atomic E-state index is 11.9. The molecule has 0 spiro atoms. The minimum atomic E-state index is -0.981. The normalized spacial score (nSPS) is 12.5. The fourth-order valence-electron chi connectivity index (χ4n) is 2.76. The maximum absolute atomic E-state index is 11.9. The molecular formula is C21H30N4O5. The number of carboxylic acids is 1. The molecule has 0 aliphatic heterocycles. The molecule has 0 unspecified atom stereocenters. The molecule has 1 aromatic carbocycles. The molecule has 2 aromatic rings. The van der Waals surface area contributed by atoms with Crippen molar-refractivity contribution in [1.82, 2.24) is 20.2 Å². The van der Waals surface area contributed by atoms with Gasteiger partial charge in [-0.3, -0.25) is 9.69 Å². The summed E-state index contributed by atoms with van der Waals surface area (Å²) in [6, 6.07) is 8.78. The number of hydrogen-bond donors (Lipinski definition) is 3. The number of carbonyl (C=O) groups is 2. The van der Waals surface area contributed by atoms with Crippen LogP contribution in [0.2, 0.25) is 0 Å². The molecule has 0 aliphatic carbocycles. The van der Waals surface area contributed by atoms with Crippen molar-refractivity contribution in [2.45, 2.75) is 45.4 Å². The number of benzene rings is 1. The highest BCUT2D eigenvalue weighted by atomic mass is 16.6. The van der Waals surface area contributed by atoms with E-state index in [0.29, 0.717) is 12.3 Å². The molecule has 164 valence electrons. The smallest absolute Gasteiger partial charge is 0.407 e. The molecule has 30 heavy (non-hydrogen) atoms. The van der Waals surface area contributed by atoms with E-state index in [1.807, 2.05) is 30.3 Å². The number of carbonyl (C=O) groups excluding carboxylic acids is 1. The van der Waals surface area contributed by atoms with Gasteiger partial charge in [0.25, 0.3) is 0 Å².